The highest BCUT2D eigenvalue weighted by Crippen LogP contribution is 2.22. The van der Waals surface area contributed by atoms with E-state index in [0.29, 0.717) is 5.56 Å². The van der Waals surface area contributed by atoms with Gasteiger partial charge in [-0.2, -0.15) is 0 Å². The number of benzene rings is 2. The van der Waals surface area contributed by atoms with Crippen LogP contribution in [0.3, 0.4) is 0 Å². The first-order valence-corrected chi connectivity index (χ1v) is 7.52. The van der Waals surface area contributed by atoms with Gasteiger partial charge in [0.15, 0.2) is 0 Å². The zero-order chi connectivity index (χ0) is 17.1. The highest BCUT2D eigenvalue weighted by molar-refractivity contribution is 5.91. The number of hydrogen-bond acceptors (Lipinski definition) is 3. The van der Waals surface area contributed by atoms with Gasteiger partial charge in [-0.15, -0.1) is 0 Å². The van der Waals surface area contributed by atoms with Crippen molar-refractivity contribution in [3.63, 3.8) is 0 Å². The first kappa shape index (κ1) is 19.6. The van der Waals surface area contributed by atoms with Gasteiger partial charge in [-0.3, -0.25) is 9.59 Å². The lowest BCUT2D eigenvalue weighted by atomic mass is 10.1. The number of carbonyl (C=O) groups is 2. The van der Waals surface area contributed by atoms with Crippen molar-refractivity contribution < 1.29 is 14.7 Å². The van der Waals surface area contributed by atoms with Gasteiger partial charge in [-0.05, 0) is 29.0 Å². The SMILES string of the molecule is CC.CC.CN(CC(=O)O)c1ccc2cc(C=O)ccc2c1. The molecule has 120 valence electrons. The maximum Gasteiger partial charge on any atom is 0.323 e. The Morgan fingerprint density at radius 2 is 1.59 bits per heavy atom. The number of nitrogens with zero attached hydrogens (tertiary/aromatic N) is 1. The largest absolute Gasteiger partial charge is 0.480 e. The molecule has 0 atom stereocenters. The fraction of sp³-hybridized carbons (Fsp3) is 0.333. The number of likely N-dealkylation sites (N-methyl/N-ethyl adjacent to an activating group) is 1. The lowest BCUT2D eigenvalue weighted by molar-refractivity contribution is -0.135. The highest BCUT2D eigenvalue weighted by atomic mass is 16.4. The quantitative estimate of drug-likeness (QED) is 0.859. The molecule has 0 amide bonds. The Morgan fingerprint density at radius 1 is 1.05 bits per heavy atom. The van der Waals surface area contributed by atoms with Crippen LogP contribution in [-0.4, -0.2) is 31.0 Å². The Kier molecular flexibility index (Phi) is 9.27. The molecule has 1 N–H and O–H groups in total. The van der Waals surface area contributed by atoms with E-state index in [4.69, 9.17) is 5.11 Å². The van der Waals surface area contributed by atoms with E-state index in [-0.39, 0.29) is 6.54 Å². The van der Waals surface area contributed by atoms with Gasteiger partial charge < -0.3 is 10.0 Å². The van der Waals surface area contributed by atoms with Crippen molar-refractivity contribution in [1.82, 2.24) is 0 Å². The average molecular weight is 303 g/mol. The second-order valence-corrected chi connectivity index (χ2v) is 4.16. The molecule has 4 nitrogen and oxygen atoms in total. The molecule has 22 heavy (non-hydrogen) atoms. The Labute approximate surface area is 132 Å². The van der Waals surface area contributed by atoms with Gasteiger partial charge in [0.2, 0.25) is 0 Å². The number of hydrogen-bond donors (Lipinski definition) is 1. The van der Waals surface area contributed by atoms with Crippen molar-refractivity contribution >= 4 is 28.7 Å². The average Bonchev–Trinajstić information content (AvgIpc) is 2.57. The molecule has 4 heteroatoms. The minimum absolute atomic E-state index is 0.0437. The number of aldehydes is 1. The van der Waals surface area contributed by atoms with Crippen LogP contribution in [0.5, 0.6) is 0 Å². The van der Waals surface area contributed by atoms with E-state index in [9.17, 15) is 9.59 Å². The van der Waals surface area contributed by atoms with Gasteiger partial charge >= 0.3 is 5.97 Å². The molecule has 2 aromatic rings. The summed E-state index contributed by atoms with van der Waals surface area (Å²) in [6.07, 6.45) is 0.809. The zero-order valence-corrected chi connectivity index (χ0v) is 14.0. The minimum Gasteiger partial charge on any atom is -0.480 e. The molecule has 0 aliphatic carbocycles. The highest BCUT2D eigenvalue weighted by Gasteiger charge is 2.06. The monoisotopic (exact) mass is 303 g/mol. The van der Waals surface area contributed by atoms with E-state index in [1.807, 2.05) is 58.0 Å². The smallest absolute Gasteiger partial charge is 0.323 e. The molecule has 0 fully saturated rings. The van der Waals surface area contributed by atoms with Crippen molar-refractivity contribution in [2.24, 2.45) is 0 Å². The van der Waals surface area contributed by atoms with Gasteiger partial charge in [-0.25, -0.2) is 0 Å². The molecule has 0 aromatic heterocycles. The second kappa shape index (κ2) is 10.4. The molecule has 0 bridgehead atoms. The van der Waals surface area contributed by atoms with Crippen LogP contribution in [-0.2, 0) is 4.79 Å². The normalized spacial score (nSPS) is 8.95. The lowest BCUT2D eigenvalue weighted by Crippen LogP contribution is -2.24. The predicted molar refractivity (Wildman–Crippen MR) is 92.9 cm³/mol. The van der Waals surface area contributed by atoms with Crippen molar-refractivity contribution in [3.8, 4) is 0 Å². The molecule has 2 aromatic carbocycles. The van der Waals surface area contributed by atoms with E-state index in [1.165, 1.54) is 0 Å². The molecule has 2 rings (SSSR count). The zero-order valence-electron chi connectivity index (χ0n) is 14.0. The number of anilines is 1. The third kappa shape index (κ3) is 5.56. The van der Waals surface area contributed by atoms with Crippen molar-refractivity contribution in [2.75, 3.05) is 18.5 Å². The van der Waals surface area contributed by atoms with Gasteiger partial charge in [0.25, 0.3) is 0 Å². The summed E-state index contributed by atoms with van der Waals surface area (Å²) in [7, 11) is 1.73. The van der Waals surface area contributed by atoms with Crippen LogP contribution in [0.15, 0.2) is 36.4 Å². The van der Waals surface area contributed by atoms with Crippen molar-refractivity contribution in [1.29, 1.82) is 0 Å². The molecule has 0 saturated carbocycles. The summed E-state index contributed by atoms with van der Waals surface area (Å²) in [6.45, 7) is 7.96. The molecule has 0 aliphatic rings. The number of fused-ring (bicyclic) bond motifs is 1. The third-order valence-electron chi connectivity index (χ3n) is 2.80. The fourth-order valence-electron chi connectivity index (χ4n) is 1.86. The van der Waals surface area contributed by atoms with Crippen molar-refractivity contribution in [3.05, 3.63) is 42.0 Å². The van der Waals surface area contributed by atoms with Crippen LogP contribution in [0, 0.1) is 0 Å². The van der Waals surface area contributed by atoms with E-state index in [2.05, 4.69) is 0 Å². The molecular formula is C18H25NO3. The number of rotatable bonds is 4. The Balaban J connectivity index is 0.00000102. The molecule has 0 heterocycles. The number of carboxylic acid groups (broad SMARTS) is 1. The molecular weight excluding hydrogens is 278 g/mol. The van der Waals surface area contributed by atoms with Gasteiger partial charge in [0.1, 0.15) is 12.8 Å². The summed E-state index contributed by atoms with van der Waals surface area (Å²) in [5.41, 5.74) is 1.47. The summed E-state index contributed by atoms with van der Waals surface area (Å²) >= 11 is 0. The van der Waals surface area contributed by atoms with E-state index >= 15 is 0 Å². The molecule has 0 unspecified atom stereocenters. The number of carboxylic acids is 1. The van der Waals surface area contributed by atoms with Crippen LogP contribution < -0.4 is 4.90 Å². The molecule has 0 saturated heterocycles. The maximum absolute atomic E-state index is 10.7. The Bertz CT molecular complexity index is 608. The maximum atomic E-state index is 10.7. The van der Waals surface area contributed by atoms with E-state index < -0.39 is 5.97 Å². The topological polar surface area (TPSA) is 57.6 Å². The van der Waals surface area contributed by atoms with Crippen LogP contribution in [0.2, 0.25) is 0 Å². The van der Waals surface area contributed by atoms with E-state index in [1.54, 1.807) is 18.0 Å². The standard InChI is InChI=1S/C14H13NO3.2C2H6/c1-15(8-14(17)18)13-5-4-11-6-10(9-16)2-3-12(11)7-13;2*1-2/h2-7,9H,8H2,1H3,(H,17,18);2*1-2H3. The minimum atomic E-state index is -0.867. The van der Waals surface area contributed by atoms with Crippen LogP contribution in [0.25, 0.3) is 10.8 Å². The first-order chi connectivity index (χ1) is 10.6. The summed E-state index contributed by atoms with van der Waals surface area (Å²) < 4.78 is 0. The Morgan fingerprint density at radius 3 is 2.14 bits per heavy atom. The predicted octanol–water partition coefficient (Wildman–Crippen LogP) is 4.23. The van der Waals surface area contributed by atoms with Crippen LogP contribution in [0.4, 0.5) is 5.69 Å². The van der Waals surface area contributed by atoms with Crippen LogP contribution >= 0.6 is 0 Å². The summed E-state index contributed by atoms with van der Waals surface area (Å²) in [5.74, 6) is -0.867. The summed E-state index contributed by atoms with van der Waals surface area (Å²) in [5, 5.41) is 10.7. The van der Waals surface area contributed by atoms with Crippen LogP contribution in [0.1, 0.15) is 38.1 Å². The Hall–Kier alpha value is -2.36. The summed E-state index contributed by atoms with van der Waals surface area (Å²) in [4.78, 5) is 23.0. The molecule has 0 spiro atoms. The number of carbonyl (C=O) groups excluding carboxylic acids is 1. The summed E-state index contributed by atoms with van der Waals surface area (Å²) in [6, 6.07) is 11.1. The van der Waals surface area contributed by atoms with Crippen molar-refractivity contribution in [2.45, 2.75) is 27.7 Å². The first-order valence-electron chi connectivity index (χ1n) is 7.52. The molecule has 0 radical (unpaired) electrons. The lowest BCUT2D eigenvalue weighted by Gasteiger charge is -2.17. The second-order valence-electron chi connectivity index (χ2n) is 4.16. The van der Waals surface area contributed by atoms with Gasteiger partial charge in [-0.1, -0.05) is 45.9 Å². The fourth-order valence-corrected chi connectivity index (χ4v) is 1.86. The number of aliphatic carboxylic acids is 1. The van der Waals surface area contributed by atoms with Gasteiger partial charge in [0.05, 0.1) is 0 Å². The van der Waals surface area contributed by atoms with E-state index in [0.717, 1.165) is 22.7 Å². The third-order valence-corrected chi connectivity index (χ3v) is 2.80. The molecule has 0 aliphatic heterocycles. The van der Waals surface area contributed by atoms with Gasteiger partial charge in [0, 0.05) is 18.3 Å².